The van der Waals surface area contributed by atoms with Crippen molar-refractivity contribution in [2.75, 3.05) is 11.0 Å². The number of halogens is 4. The molecule has 0 bridgehead atoms. The van der Waals surface area contributed by atoms with Crippen molar-refractivity contribution < 1.29 is 30.8 Å². The Bertz CT molecular complexity index is 1100. The molecule has 1 heterocycles. The van der Waals surface area contributed by atoms with E-state index in [2.05, 4.69) is 15.0 Å². The normalized spacial score (nSPS) is 22.0. The number of nitrogens with one attached hydrogen (secondary N) is 2. The number of hydrogen-bond donors (Lipinski definition) is 2. The Labute approximate surface area is 177 Å². The maximum Gasteiger partial charge on any atom is 0.433 e. The van der Waals surface area contributed by atoms with Gasteiger partial charge in [0.05, 0.1) is 18.0 Å². The Morgan fingerprint density at radius 2 is 1.94 bits per heavy atom. The van der Waals surface area contributed by atoms with Crippen LogP contribution in [0.3, 0.4) is 0 Å². The number of pyridine rings is 1. The number of carbonyl (C=O) groups is 1. The number of aromatic nitrogens is 1. The number of rotatable bonds is 6. The molecule has 2 aromatic rings. The molecule has 3 rings (SSSR count). The molecule has 1 amide bonds. The number of anilines is 1. The van der Waals surface area contributed by atoms with Crippen molar-refractivity contribution in [1.29, 1.82) is 0 Å². The minimum absolute atomic E-state index is 0.200. The second kappa shape index (κ2) is 7.77. The first-order valence-electron chi connectivity index (χ1n) is 9.32. The van der Waals surface area contributed by atoms with Crippen molar-refractivity contribution in [2.24, 2.45) is 5.92 Å². The summed E-state index contributed by atoms with van der Waals surface area (Å²) < 4.78 is 76.8. The maximum atomic E-state index is 14.2. The van der Waals surface area contributed by atoms with Crippen LogP contribution in [0.5, 0.6) is 0 Å². The lowest BCUT2D eigenvalue weighted by Gasteiger charge is -2.17. The van der Waals surface area contributed by atoms with Gasteiger partial charge in [-0.1, -0.05) is 19.1 Å². The van der Waals surface area contributed by atoms with Gasteiger partial charge in [-0.3, -0.25) is 14.5 Å². The van der Waals surface area contributed by atoms with Crippen molar-refractivity contribution in [3.63, 3.8) is 0 Å². The van der Waals surface area contributed by atoms with Gasteiger partial charge < -0.3 is 5.32 Å². The van der Waals surface area contributed by atoms with Crippen molar-refractivity contribution >= 4 is 21.6 Å². The standard InChI is InChI=1S/C20H21F4N3O3S/c1-11(12-4-6-16(15(21)8-12)27-31(3,29)30)26-18(28)14-9-19(14,2)13-5-7-17(25-10-13)20(22,23)24/h4-8,10-11,14,27H,9H2,1-3H3,(H,26,28)/t11-,14+,19+/m1/s1. The molecule has 0 aliphatic heterocycles. The van der Waals surface area contributed by atoms with Crippen LogP contribution in [-0.2, 0) is 26.4 Å². The van der Waals surface area contributed by atoms with E-state index in [9.17, 15) is 30.8 Å². The summed E-state index contributed by atoms with van der Waals surface area (Å²) in [5.41, 5.74) is -0.852. The largest absolute Gasteiger partial charge is 0.433 e. The molecular formula is C20H21F4N3O3S. The first kappa shape index (κ1) is 23.0. The summed E-state index contributed by atoms with van der Waals surface area (Å²) in [5.74, 6) is -1.55. The third-order valence-corrected chi connectivity index (χ3v) is 6.00. The third kappa shape index (κ3) is 5.15. The lowest BCUT2D eigenvalue weighted by atomic mass is 9.96. The molecule has 0 saturated heterocycles. The summed E-state index contributed by atoms with van der Waals surface area (Å²) in [6.45, 7) is 3.42. The van der Waals surface area contributed by atoms with Crippen LogP contribution < -0.4 is 10.0 Å². The number of hydrogen-bond acceptors (Lipinski definition) is 4. The average molecular weight is 459 g/mol. The van der Waals surface area contributed by atoms with Crippen molar-refractivity contribution in [3.05, 3.63) is 59.2 Å². The van der Waals surface area contributed by atoms with E-state index < -0.39 is 45.1 Å². The van der Waals surface area contributed by atoms with Gasteiger partial charge in [-0.2, -0.15) is 13.2 Å². The van der Waals surface area contributed by atoms with Gasteiger partial charge in [-0.25, -0.2) is 12.8 Å². The highest BCUT2D eigenvalue weighted by atomic mass is 32.2. The Hall–Kier alpha value is -2.69. The first-order chi connectivity index (χ1) is 14.2. The Balaban J connectivity index is 1.66. The molecule has 31 heavy (non-hydrogen) atoms. The predicted molar refractivity (Wildman–Crippen MR) is 106 cm³/mol. The first-order valence-corrected chi connectivity index (χ1v) is 11.2. The van der Waals surface area contributed by atoms with Gasteiger partial charge in [-0.15, -0.1) is 0 Å². The zero-order chi connectivity index (χ0) is 23.2. The fourth-order valence-corrected chi connectivity index (χ4v) is 4.01. The minimum atomic E-state index is -4.53. The number of nitrogens with zero attached hydrogens (tertiary/aromatic N) is 1. The number of alkyl halides is 3. The van der Waals surface area contributed by atoms with Crippen molar-refractivity contribution in [1.82, 2.24) is 10.3 Å². The zero-order valence-electron chi connectivity index (χ0n) is 16.9. The highest BCUT2D eigenvalue weighted by molar-refractivity contribution is 7.92. The molecule has 1 aliphatic carbocycles. The zero-order valence-corrected chi connectivity index (χ0v) is 17.7. The van der Waals surface area contributed by atoms with E-state index in [0.29, 0.717) is 17.5 Å². The van der Waals surface area contributed by atoms with Crippen molar-refractivity contribution in [3.8, 4) is 0 Å². The lowest BCUT2D eigenvalue weighted by Crippen LogP contribution is -2.30. The highest BCUT2D eigenvalue weighted by Gasteiger charge is 2.56. The molecule has 1 aliphatic rings. The van der Waals surface area contributed by atoms with Gasteiger partial charge >= 0.3 is 6.18 Å². The van der Waals surface area contributed by atoms with Crippen LogP contribution in [0.4, 0.5) is 23.2 Å². The van der Waals surface area contributed by atoms with E-state index in [4.69, 9.17) is 0 Å². The van der Waals surface area contributed by atoms with Crippen LogP contribution in [0.25, 0.3) is 0 Å². The van der Waals surface area contributed by atoms with Crippen LogP contribution in [0.1, 0.15) is 43.1 Å². The molecule has 168 valence electrons. The molecule has 0 radical (unpaired) electrons. The summed E-state index contributed by atoms with van der Waals surface area (Å²) in [6, 6.07) is 5.55. The minimum Gasteiger partial charge on any atom is -0.349 e. The van der Waals surface area contributed by atoms with E-state index in [1.807, 2.05) is 0 Å². The van der Waals surface area contributed by atoms with Gasteiger partial charge in [0.2, 0.25) is 15.9 Å². The van der Waals surface area contributed by atoms with E-state index in [1.54, 1.807) is 13.8 Å². The maximum absolute atomic E-state index is 14.2. The van der Waals surface area contributed by atoms with Gasteiger partial charge in [0.15, 0.2) is 0 Å². The second-order valence-electron chi connectivity index (χ2n) is 7.95. The van der Waals surface area contributed by atoms with Gasteiger partial charge in [0.1, 0.15) is 11.5 Å². The molecular weight excluding hydrogens is 438 g/mol. The van der Waals surface area contributed by atoms with Crippen molar-refractivity contribution in [2.45, 2.75) is 37.9 Å². The summed E-state index contributed by atoms with van der Waals surface area (Å²) >= 11 is 0. The molecule has 1 fully saturated rings. The van der Waals surface area contributed by atoms with Crippen LogP contribution in [-0.4, -0.2) is 25.6 Å². The van der Waals surface area contributed by atoms with E-state index in [-0.39, 0.29) is 11.6 Å². The van der Waals surface area contributed by atoms with Gasteiger partial charge in [0, 0.05) is 17.5 Å². The average Bonchev–Trinajstić information content (AvgIpc) is 3.35. The molecule has 1 aromatic carbocycles. The fraction of sp³-hybridized carbons (Fsp3) is 0.400. The van der Waals surface area contributed by atoms with Crippen LogP contribution in [0.2, 0.25) is 0 Å². The summed E-state index contributed by atoms with van der Waals surface area (Å²) in [7, 11) is -3.63. The Morgan fingerprint density at radius 1 is 1.26 bits per heavy atom. The lowest BCUT2D eigenvalue weighted by molar-refractivity contribution is -0.141. The number of benzene rings is 1. The van der Waals surface area contributed by atoms with E-state index >= 15 is 0 Å². The molecule has 1 aromatic heterocycles. The predicted octanol–water partition coefficient (Wildman–Crippen LogP) is 3.77. The summed E-state index contributed by atoms with van der Waals surface area (Å²) in [4.78, 5) is 16.1. The number of carbonyl (C=O) groups excluding carboxylic acids is 1. The van der Waals surface area contributed by atoms with Crippen LogP contribution in [0, 0.1) is 11.7 Å². The molecule has 2 N–H and O–H groups in total. The fourth-order valence-electron chi connectivity index (χ4n) is 3.45. The molecule has 0 spiro atoms. The van der Waals surface area contributed by atoms with Gasteiger partial charge in [-0.05, 0) is 42.7 Å². The smallest absolute Gasteiger partial charge is 0.349 e. The van der Waals surface area contributed by atoms with E-state index in [0.717, 1.165) is 24.6 Å². The number of sulfonamides is 1. The number of amides is 1. The molecule has 3 atom stereocenters. The SMILES string of the molecule is C[C@@H](NC(=O)[C@@H]1C[C@@]1(C)c1ccc(C(F)(F)F)nc1)c1ccc(NS(C)(=O)=O)c(F)c1. The van der Waals surface area contributed by atoms with E-state index in [1.165, 1.54) is 18.2 Å². The monoisotopic (exact) mass is 459 g/mol. The highest BCUT2D eigenvalue weighted by Crippen LogP contribution is 2.54. The summed E-state index contributed by atoms with van der Waals surface area (Å²) in [6.07, 6.45) is -2.04. The Kier molecular flexibility index (Phi) is 5.76. The molecule has 6 nitrogen and oxygen atoms in total. The van der Waals surface area contributed by atoms with Crippen LogP contribution >= 0.6 is 0 Å². The summed E-state index contributed by atoms with van der Waals surface area (Å²) in [5, 5.41) is 2.77. The quantitative estimate of drug-likeness (QED) is 0.644. The molecule has 1 saturated carbocycles. The third-order valence-electron chi connectivity index (χ3n) is 5.41. The Morgan fingerprint density at radius 3 is 2.45 bits per heavy atom. The molecule has 11 heteroatoms. The topological polar surface area (TPSA) is 88.2 Å². The van der Waals surface area contributed by atoms with Crippen LogP contribution in [0.15, 0.2) is 36.5 Å². The van der Waals surface area contributed by atoms with Gasteiger partial charge in [0.25, 0.3) is 0 Å². The second-order valence-corrected chi connectivity index (χ2v) is 9.70. The molecule has 0 unspecified atom stereocenters.